The van der Waals surface area contributed by atoms with Gasteiger partial charge < -0.3 is 15.4 Å². The fourth-order valence-electron chi connectivity index (χ4n) is 1.89. The molecule has 0 bridgehead atoms. The van der Waals surface area contributed by atoms with Crippen molar-refractivity contribution in [3.63, 3.8) is 0 Å². The van der Waals surface area contributed by atoms with Gasteiger partial charge in [0.2, 0.25) is 0 Å². The molecule has 1 heterocycles. The molecule has 0 aliphatic carbocycles. The quantitative estimate of drug-likeness (QED) is 0.900. The van der Waals surface area contributed by atoms with Gasteiger partial charge in [0.1, 0.15) is 6.10 Å². The Hall–Kier alpha value is -2.09. The average molecular weight is 302 g/mol. The van der Waals surface area contributed by atoms with Gasteiger partial charge >= 0.3 is 12.1 Å². The Kier molecular flexibility index (Phi) is 4.46. The summed E-state index contributed by atoms with van der Waals surface area (Å²) in [6.07, 6.45) is -4.30. The Morgan fingerprint density at radius 3 is 2.29 bits per heavy atom. The van der Waals surface area contributed by atoms with Crippen LogP contribution in [0.2, 0.25) is 0 Å². The van der Waals surface area contributed by atoms with Crippen LogP contribution in [0.15, 0.2) is 24.3 Å². The smallest absolute Gasteiger partial charge is 0.368 e. The minimum atomic E-state index is -4.99. The van der Waals surface area contributed by atoms with Gasteiger partial charge in [-0.2, -0.15) is 13.2 Å². The lowest BCUT2D eigenvalue weighted by Crippen LogP contribution is -2.31. The van der Waals surface area contributed by atoms with E-state index < -0.39 is 24.1 Å². The molecule has 1 aromatic rings. The van der Waals surface area contributed by atoms with Gasteiger partial charge in [-0.15, -0.1) is 0 Å². The van der Waals surface area contributed by atoms with E-state index in [2.05, 4.69) is 5.32 Å². The van der Waals surface area contributed by atoms with E-state index in [1.807, 2.05) is 0 Å². The molecule has 5 nitrogen and oxygen atoms in total. The Labute approximate surface area is 118 Å². The predicted molar refractivity (Wildman–Crippen MR) is 68.7 cm³/mol. The summed E-state index contributed by atoms with van der Waals surface area (Å²) in [5.41, 5.74) is -0.0261. The van der Waals surface area contributed by atoms with Crippen LogP contribution in [0.25, 0.3) is 0 Å². The highest BCUT2D eigenvalue weighted by molar-refractivity contribution is 6.02. The first kappa shape index (κ1) is 15.3. The van der Waals surface area contributed by atoms with E-state index in [4.69, 9.17) is 4.74 Å². The number of anilines is 2. The monoisotopic (exact) mass is 302 g/mol. The summed E-state index contributed by atoms with van der Waals surface area (Å²) < 4.78 is 41.9. The second kappa shape index (κ2) is 6.13. The van der Waals surface area contributed by atoms with Crippen molar-refractivity contribution < 1.29 is 27.5 Å². The topological polar surface area (TPSA) is 67.4 Å². The van der Waals surface area contributed by atoms with Crippen LogP contribution in [0.3, 0.4) is 0 Å². The summed E-state index contributed by atoms with van der Waals surface area (Å²) in [4.78, 5) is 22.8. The number of carbonyl (C=O) groups is 2. The molecule has 0 saturated carbocycles. The van der Waals surface area contributed by atoms with Gasteiger partial charge in [0.25, 0.3) is 5.91 Å². The Bertz CT molecular complexity index is 540. The highest BCUT2D eigenvalue weighted by Gasteiger charge is 2.39. The molecule has 2 amide bonds. The molecule has 114 valence electrons. The van der Waals surface area contributed by atoms with Crippen molar-refractivity contribution in [2.45, 2.75) is 25.1 Å². The summed E-state index contributed by atoms with van der Waals surface area (Å²) in [5, 5.41) is 4.19. The maximum atomic E-state index is 12.3. The lowest BCUT2D eigenvalue weighted by molar-refractivity contribution is -0.167. The Morgan fingerprint density at radius 1 is 1.14 bits per heavy atom. The summed E-state index contributed by atoms with van der Waals surface area (Å²) in [6, 6.07) is 5.66. The second-order valence-corrected chi connectivity index (χ2v) is 4.49. The number of amides is 2. The number of carbonyl (C=O) groups excluding carboxylic acids is 2. The number of halogens is 3. The maximum absolute atomic E-state index is 12.3. The third kappa shape index (κ3) is 3.94. The van der Waals surface area contributed by atoms with Crippen molar-refractivity contribution in [2.24, 2.45) is 0 Å². The second-order valence-electron chi connectivity index (χ2n) is 4.49. The molecule has 1 aliphatic rings. The highest BCUT2D eigenvalue weighted by Crippen LogP contribution is 2.25. The summed E-state index contributed by atoms with van der Waals surface area (Å²) in [7, 11) is 0. The van der Waals surface area contributed by atoms with E-state index in [9.17, 15) is 22.8 Å². The summed E-state index contributed by atoms with van der Waals surface area (Å²) in [5.74, 6) is -2.54. The molecule has 1 fully saturated rings. The molecule has 1 saturated heterocycles. The number of para-hydroxylation sites is 2. The molecule has 21 heavy (non-hydrogen) atoms. The van der Waals surface area contributed by atoms with E-state index in [-0.39, 0.29) is 11.4 Å². The van der Waals surface area contributed by atoms with E-state index >= 15 is 0 Å². The van der Waals surface area contributed by atoms with Crippen LogP contribution in [0.5, 0.6) is 0 Å². The fourth-order valence-corrected chi connectivity index (χ4v) is 1.89. The molecule has 2 rings (SSSR count). The van der Waals surface area contributed by atoms with E-state index in [0.717, 1.165) is 6.42 Å². The number of nitrogens with one attached hydrogen (secondary N) is 2. The zero-order valence-corrected chi connectivity index (χ0v) is 10.9. The zero-order valence-electron chi connectivity index (χ0n) is 10.9. The minimum Gasteiger partial charge on any atom is -0.368 e. The van der Waals surface area contributed by atoms with Gasteiger partial charge in [-0.05, 0) is 25.0 Å². The first-order chi connectivity index (χ1) is 9.88. The van der Waals surface area contributed by atoms with Crippen molar-refractivity contribution in [3.8, 4) is 0 Å². The fraction of sp³-hybridized carbons (Fsp3) is 0.385. The molecule has 2 N–H and O–H groups in total. The molecule has 1 aliphatic heterocycles. The first-order valence-corrected chi connectivity index (χ1v) is 6.27. The van der Waals surface area contributed by atoms with E-state index in [1.165, 1.54) is 24.3 Å². The summed E-state index contributed by atoms with van der Waals surface area (Å²) in [6.45, 7) is 0.477. The van der Waals surface area contributed by atoms with Gasteiger partial charge in [-0.1, -0.05) is 12.1 Å². The average Bonchev–Trinajstić information content (AvgIpc) is 2.93. The lowest BCUT2D eigenvalue weighted by atomic mass is 10.2. The zero-order chi connectivity index (χ0) is 15.5. The van der Waals surface area contributed by atoms with Crippen LogP contribution >= 0.6 is 0 Å². The number of alkyl halides is 3. The molecule has 1 atom stereocenters. The van der Waals surface area contributed by atoms with E-state index in [1.54, 1.807) is 5.32 Å². The van der Waals surface area contributed by atoms with Gasteiger partial charge in [-0.25, -0.2) is 0 Å². The molecule has 0 aromatic heterocycles. The van der Waals surface area contributed by atoms with Crippen LogP contribution in [0.1, 0.15) is 12.8 Å². The molecule has 1 unspecified atom stereocenters. The van der Waals surface area contributed by atoms with Crippen LogP contribution in [-0.2, 0) is 14.3 Å². The first-order valence-electron chi connectivity index (χ1n) is 6.27. The third-order valence-corrected chi connectivity index (χ3v) is 2.91. The molecule has 0 radical (unpaired) electrons. The number of ether oxygens (including phenoxy) is 1. The van der Waals surface area contributed by atoms with Crippen molar-refractivity contribution in [1.82, 2.24) is 0 Å². The van der Waals surface area contributed by atoms with Crippen molar-refractivity contribution in [1.29, 1.82) is 0 Å². The molecular weight excluding hydrogens is 289 g/mol. The van der Waals surface area contributed by atoms with Crippen LogP contribution in [0.4, 0.5) is 24.5 Å². The SMILES string of the molecule is O=C(Nc1ccccc1NC(=O)C(F)(F)F)C1CCCO1. The van der Waals surface area contributed by atoms with Crippen molar-refractivity contribution >= 4 is 23.2 Å². The Morgan fingerprint density at radius 2 is 1.76 bits per heavy atom. The number of benzene rings is 1. The van der Waals surface area contributed by atoms with Crippen molar-refractivity contribution in [3.05, 3.63) is 24.3 Å². The van der Waals surface area contributed by atoms with Gasteiger partial charge in [0, 0.05) is 6.61 Å². The third-order valence-electron chi connectivity index (χ3n) is 2.91. The number of rotatable bonds is 3. The highest BCUT2D eigenvalue weighted by atomic mass is 19.4. The van der Waals surface area contributed by atoms with Crippen LogP contribution in [-0.4, -0.2) is 30.7 Å². The van der Waals surface area contributed by atoms with Crippen LogP contribution in [0, 0.1) is 0 Å². The van der Waals surface area contributed by atoms with Gasteiger partial charge in [0.15, 0.2) is 0 Å². The molecule has 0 spiro atoms. The van der Waals surface area contributed by atoms with Crippen molar-refractivity contribution in [2.75, 3.05) is 17.2 Å². The molecule has 1 aromatic carbocycles. The largest absolute Gasteiger partial charge is 0.471 e. The van der Waals surface area contributed by atoms with Crippen LogP contribution < -0.4 is 10.6 Å². The number of hydrogen-bond donors (Lipinski definition) is 2. The normalized spacial score (nSPS) is 18.3. The molecule has 8 heteroatoms. The lowest BCUT2D eigenvalue weighted by Gasteiger charge is -2.15. The number of hydrogen-bond acceptors (Lipinski definition) is 3. The summed E-state index contributed by atoms with van der Waals surface area (Å²) >= 11 is 0. The standard InChI is InChI=1S/C13H13F3N2O3/c14-13(15,16)12(20)18-9-5-2-1-4-8(9)17-11(19)10-6-3-7-21-10/h1-2,4-5,10H,3,6-7H2,(H,17,19)(H,18,20). The van der Waals surface area contributed by atoms with E-state index in [0.29, 0.717) is 13.0 Å². The molecular formula is C13H13F3N2O3. The Balaban J connectivity index is 2.09. The maximum Gasteiger partial charge on any atom is 0.471 e. The van der Waals surface area contributed by atoms with Gasteiger partial charge in [0.05, 0.1) is 11.4 Å². The predicted octanol–water partition coefficient (Wildman–Crippen LogP) is 2.30. The minimum absolute atomic E-state index is 0.0931. The van der Waals surface area contributed by atoms with Gasteiger partial charge in [-0.3, -0.25) is 9.59 Å².